The normalized spacial score (nSPS) is 20.9. The lowest BCUT2D eigenvalue weighted by atomic mass is 10.1. The van der Waals surface area contributed by atoms with Gasteiger partial charge in [0.1, 0.15) is 12.3 Å². The molecule has 186 valence electrons. The van der Waals surface area contributed by atoms with Crippen LogP contribution in [0.25, 0.3) is 0 Å². The highest BCUT2D eigenvalue weighted by Crippen LogP contribution is 2.20. The first-order valence-corrected chi connectivity index (χ1v) is 10.9. The average Bonchev–Trinajstić information content (AvgIpc) is 3.07. The van der Waals surface area contributed by atoms with Crippen molar-refractivity contribution < 1.29 is 27.4 Å². The molecule has 32 heavy (non-hydrogen) atoms. The van der Waals surface area contributed by atoms with Crippen molar-refractivity contribution in [1.82, 2.24) is 21.3 Å². The number of methoxy groups -OCH3 is 1. The molecule has 1 saturated carbocycles. The molecule has 1 amide bonds. The lowest BCUT2D eigenvalue weighted by Crippen LogP contribution is -2.44. The fourth-order valence-electron chi connectivity index (χ4n) is 3.33. The Bertz CT molecular complexity index is 621. The van der Waals surface area contributed by atoms with Gasteiger partial charge in [0.25, 0.3) is 0 Å². The standard InChI is InChI=1S/C21H38F3N5O3/c1-15(7-6-11-26-19(30)32-20(2,3)4)28-16-8-9-17(13-16)29-18(27-14-31-5)25-12-10-21(22,23)24/h10,12,15-17,28H,6-9,11,13-14H2,1-5H3,(H,26,30)(H2,25,27,29)/b12-10+/t15?,16-,17-/m0/s1. The lowest BCUT2D eigenvalue weighted by Gasteiger charge is -2.21. The molecule has 0 aromatic rings. The lowest BCUT2D eigenvalue weighted by molar-refractivity contribution is -0.0799. The van der Waals surface area contributed by atoms with Gasteiger partial charge in [-0.15, -0.1) is 0 Å². The van der Waals surface area contributed by atoms with E-state index >= 15 is 0 Å². The van der Waals surface area contributed by atoms with Gasteiger partial charge in [-0.05, 0) is 59.8 Å². The number of carbonyl (C=O) groups excluding carboxylic acids is 1. The highest BCUT2D eigenvalue weighted by Gasteiger charge is 2.26. The second-order valence-electron chi connectivity index (χ2n) is 8.93. The number of hydrogen-bond donors (Lipinski definition) is 4. The number of carbonyl (C=O) groups is 1. The van der Waals surface area contributed by atoms with E-state index in [-0.39, 0.29) is 30.9 Å². The molecule has 0 aromatic heterocycles. The summed E-state index contributed by atoms with van der Waals surface area (Å²) in [5.41, 5.74) is -0.510. The van der Waals surface area contributed by atoms with Crippen molar-refractivity contribution in [3.05, 3.63) is 12.3 Å². The molecule has 0 aliphatic heterocycles. The third-order valence-corrected chi connectivity index (χ3v) is 4.63. The van der Waals surface area contributed by atoms with Crippen LogP contribution in [0, 0.1) is 0 Å². The minimum absolute atomic E-state index is 0.0848. The van der Waals surface area contributed by atoms with Crippen molar-refractivity contribution in [2.75, 3.05) is 20.4 Å². The maximum absolute atomic E-state index is 12.3. The van der Waals surface area contributed by atoms with Gasteiger partial charge < -0.3 is 30.7 Å². The predicted molar refractivity (Wildman–Crippen MR) is 118 cm³/mol. The summed E-state index contributed by atoms with van der Waals surface area (Å²) in [6.45, 7) is 8.25. The predicted octanol–water partition coefficient (Wildman–Crippen LogP) is 3.41. The van der Waals surface area contributed by atoms with Crippen LogP contribution in [0.2, 0.25) is 0 Å². The number of rotatable bonds is 10. The third-order valence-electron chi connectivity index (χ3n) is 4.63. The molecule has 1 aliphatic carbocycles. The summed E-state index contributed by atoms with van der Waals surface area (Å²) in [7, 11) is 1.48. The van der Waals surface area contributed by atoms with Crippen LogP contribution in [0.4, 0.5) is 18.0 Å². The topological polar surface area (TPSA) is 96.0 Å². The Morgan fingerprint density at radius 3 is 2.50 bits per heavy atom. The first kappa shape index (κ1) is 28.0. The van der Waals surface area contributed by atoms with Crippen molar-refractivity contribution in [1.29, 1.82) is 0 Å². The second kappa shape index (κ2) is 13.5. The Morgan fingerprint density at radius 2 is 1.88 bits per heavy atom. The van der Waals surface area contributed by atoms with E-state index in [0.29, 0.717) is 12.6 Å². The third kappa shape index (κ3) is 14.1. The van der Waals surface area contributed by atoms with Crippen LogP contribution in [0.3, 0.4) is 0 Å². The van der Waals surface area contributed by atoms with Crippen LogP contribution >= 0.6 is 0 Å². The minimum atomic E-state index is -4.41. The van der Waals surface area contributed by atoms with E-state index in [1.807, 2.05) is 20.8 Å². The zero-order valence-corrected chi connectivity index (χ0v) is 19.6. The largest absolute Gasteiger partial charge is 0.444 e. The second-order valence-corrected chi connectivity index (χ2v) is 8.93. The van der Waals surface area contributed by atoms with E-state index in [2.05, 4.69) is 33.2 Å². The summed E-state index contributed by atoms with van der Waals surface area (Å²) in [6.07, 6.45) is 0.376. The molecule has 4 N–H and O–H groups in total. The van der Waals surface area contributed by atoms with Crippen molar-refractivity contribution in [3.8, 4) is 0 Å². The molecular weight excluding hydrogens is 427 g/mol. The molecule has 1 unspecified atom stereocenters. The Labute approximate surface area is 188 Å². The number of alkyl halides is 3. The highest BCUT2D eigenvalue weighted by molar-refractivity contribution is 5.80. The number of guanidine groups is 1. The molecule has 3 atom stereocenters. The molecule has 0 aromatic carbocycles. The molecule has 11 heteroatoms. The van der Waals surface area contributed by atoms with Crippen molar-refractivity contribution in [3.63, 3.8) is 0 Å². The fourth-order valence-corrected chi connectivity index (χ4v) is 3.33. The first-order valence-electron chi connectivity index (χ1n) is 10.9. The van der Waals surface area contributed by atoms with Gasteiger partial charge in [-0.1, -0.05) is 0 Å². The number of allylic oxidation sites excluding steroid dienone is 1. The number of alkyl carbamates (subject to hydrolysis) is 1. The van der Waals surface area contributed by atoms with E-state index in [9.17, 15) is 18.0 Å². The van der Waals surface area contributed by atoms with Crippen LogP contribution < -0.4 is 21.3 Å². The molecule has 0 heterocycles. The van der Waals surface area contributed by atoms with Gasteiger partial charge in [-0.2, -0.15) is 13.2 Å². The van der Waals surface area contributed by atoms with Gasteiger partial charge in [0.15, 0.2) is 5.96 Å². The van der Waals surface area contributed by atoms with Gasteiger partial charge in [0.05, 0.1) is 0 Å². The van der Waals surface area contributed by atoms with Gasteiger partial charge >= 0.3 is 12.3 Å². The van der Waals surface area contributed by atoms with Gasteiger partial charge in [0, 0.05) is 44.1 Å². The van der Waals surface area contributed by atoms with E-state index in [4.69, 9.17) is 9.47 Å². The van der Waals surface area contributed by atoms with E-state index in [0.717, 1.165) is 38.3 Å². The number of hydrogen-bond acceptors (Lipinski definition) is 5. The maximum atomic E-state index is 12.3. The summed E-state index contributed by atoms with van der Waals surface area (Å²) in [5.74, 6) is 0.249. The number of ether oxygens (including phenoxy) is 2. The van der Waals surface area contributed by atoms with Crippen LogP contribution in [0.1, 0.15) is 59.8 Å². The molecular formula is C21H38F3N5O3. The van der Waals surface area contributed by atoms with E-state index in [1.165, 1.54) is 7.11 Å². The minimum Gasteiger partial charge on any atom is -0.444 e. The monoisotopic (exact) mass is 465 g/mol. The van der Waals surface area contributed by atoms with Crippen molar-refractivity contribution in [2.24, 2.45) is 4.99 Å². The van der Waals surface area contributed by atoms with Crippen molar-refractivity contribution >= 4 is 12.1 Å². The molecule has 0 bridgehead atoms. The summed E-state index contributed by atoms with van der Waals surface area (Å²) in [5, 5.41) is 12.3. The summed E-state index contributed by atoms with van der Waals surface area (Å²) >= 11 is 0. The van der Waals surface area contributed by atoms with Gasteiger partial charge in [0.2, 0.25) is 0 Å². The molecule has 0 spiro atoms. The van der Waals surface area contributed by atoms with Crippen molar-refractivity contribution in [2.45, 2.75) is 89.7 Å². The number of halogens is 3. The number of nitrogens with zero attached hydrogens (tertiary/aromatic N) is 1. The quantitative estimate of drug-likeness (QED) is 0.171. The number of aliphatic imine (C=N–C) groups is 1. The molecule has 1 rings (SSSR count). The zero-order chi connectivity index (χ0) is 24.2. The molecule has 1 fully saturated rings. The molecule has 0 radical (unpaired) electrons. The molecule has 8 nitrogen and oxygen atoms in total. The SMILES string of the molecule is COCN/C(=N\C=C\C(F)(F)F)N[C@H]1CC[C@H](NC(C)CCCNC(=O)OC(C)(C)C)C1. The highest BCUT2D eigenvalue weighted by atomic mass is 19.4. The summed E-state index contributed by atoms with van der Waals surface area (Å²) in [4.78, 5) is 15.5. The maximum Gasteiger partial charge on any atom is 0.411 e. The molecule has 1 aliphatic rings. The van der Waals surface area contributed by atoms with Crippen LogP contribution in [-0.4, -0.2) is 62.3 Å². The Morgan fingerprint density at radius 1 is 1.19 bits per heavy atom. The zero-order valence-electron chi connectivity index (χ0n) is 19.6. The number of nitrogens with one attached hydrogen (secondary N) is 4. The fraction of sp³-hybridized carbons (Fsp3) is 0.810. The van der Waals surface area contributed by atoms with E-state index in [1.54, 1.807) is 0 Å². The van der Waals surface area contributed by atoms with Crippen LogP contribution in [-0.2, 0) is 9.47 Å². The Hall–Kier alpha value is -2.01. The van der Waals surface area contributed by atoms with Gasteiger partial charge in [-0.3, -0.25) is 0 Å². The summed E-state index contributed by atoms with van der Waals surface area (Å²) in [6, 6.07) is 0.667. The van der Waals surface area contributed by atoms with Crippen LogP contribution in [0.15, 0.2) is 17.3 Å². The van der Waals surface area contributed by atoms with Crippen LogP contribution in [0.5, 0.6) is 0 Å². The van der Waals surface area contributed by atoms with E-state index < -0.39 is 17.9 Å². The first-order chi connectivity index (χ1) is 14.9. The Kier molecular flexibility index (Phi) is 11.8. The average molecular weight is 466 g/mol. The smallest absolute Gasteiger partial charge is 0.411 e. The summed E-state index contributed by atoms with van der Waals surface area (Å²) < 4.78 is 47.0. The Balaban J connectivity index is 2.36. The number of amides is 1. The van der Waals surface area contributed by atoms with Gasteiger partial charge in [-0.25, -0.2) is 9.79 Å². The molecule has 0 saturated heterocycles.